The number of methoxy groups -OCH3 is 1. The fraction of sp³-hybridized carbons (Fsp3) is 0.600. The maximum atomic E-state index is 9.49. The highest BCUT2D eigenvalue weighted by atomic mass is 16.5. The van der Waals surface area contributed by atoms with Crippen molar-refractivity contribution in [3.8, 4) is 5.75 Å². The van der Waals surface area contributed by atoms with Crippen LogP contribution in [-0.4, -0.2) is 18.8 Å². The zero-order valence-electron chi connectivity index (χ0n) is 11.0. The minimum absolute atomic E-state index is 0.00145. The molecule has 0 saturated heterocycles. The van der Waals surface area contributed by atoms with Crippen LogP contribution in [0.2, 0.25) is 0 Å². The van der Waals surface area contributed by atoms with Gasteiger partial charge in [0.1, 0.15) is 5.75 Å². The molecule has 0 amide bonds. The summed E-state index contributed by atoms with van der Waals surface area (Å²) in [4.78, 5) is 0. The minimum Gasteiger partial charge on any atom is -0.496 e. The number of hydrogen-bond acceptors (Lipinski definition) is 2. The molecule has 1 aliphatic carbocycles. The highest BCUT2D eigenvalue weighted by molar-refractivity contribution is 5.42. The third-order valence-electron chi connectivity index (χ3n) is 4.18. The Morgan fingerprint density at radius 2 is 2.18 bits per heavy atom. The van der Waals surface area contributed by atoms with Crippen LogP contribution in [-0.2, 0) is 12.8 Å². The van der Waals surface area contributed by atoms with Gasteiger partial charge in [0.15, 0.2) is 0 Å². The molecule has 17 heavy (non-hydrogen) atoms. The Morgan fingerprint density at radius 1 is 1.41 bits per heavy atom. The van der Waals surface area contributed by atoms with Gasteiger partial charge in [-0.25, -0.2) is 0 Å². The number of rotatable bonds is 3. The lowest BCUT2D eigenvalue weighted by molar-refractivity contribution is 0.0870. The molecule has 94 valence electrons. The maximum Gasteiger partial charge on any atom is 0.122 e. The number of benzene rings is 1. The van der Waals surface area contributed by atoms with Crippen molar-refractivity contribution in [1.82, 2.24) is 0 Å². The molecule has 1 atom stereocenters. The van der Waals surface area contributed by atoms with Crippen molar-refractivity contribution in [2.24, 2.45) is 11.3 Å². The fourth-order valence-corrected chi connectivity index (χ4v) is 2.74. The first-order chi connectivity index (χ1) is 8.08. The van der Waals surface area contributed by atoms with Gasteiger partial charge < -0.3 is 9.84 Å². The normalized spacial score (nSPS) is 19.9. The van der Waals surface area contributed by atoms with E-state index in [1.807, 2.05) is 6.07 Å². The number of aliphatic hydroxyl groups excluding tert-OH is 1. The first-order valence-electron chi connectivity index (χ1n) is 6.34. The Labute approximate surface area is 104 Å². The van der Waals surface area contributed by atoms with Crippen molar-refractivity contribution in [3.05, 3.63) is 29.3 Å². The van der Waals surface area contributed by atoms with E-state index in [1.54, 1.807) is 7.11 Å². The molecule has 1 aromatic rings. The standard InChI is InChI=1S/C15H22O2/c1-15(2,10-16)12-8-7-11-5-4-6-14(17-3)13(11)9-12/h4-6,12,16H,7-10H2,1-3H3. The van der Waals surface area contributed by atoms with E-state index in [0.29, 0.717) is 5.92 Å². The van der Waals surface area contributed by atoms with Crippen molar-refractivity contribution in [2.75, 3.05) is 13.7 Å². The molecule has 0 heterocycles. The van der Waals surface area contributed by atoms with Gasteiger partial charge in [0.25, 0.3) is 0 Å². The Kier molecular flexibility index (Phi) is 3.43. The van der Waals surface area contributed by atoms with Gasteiger partial charge in [0.2, 0.25) is 0 Å². The number of ether oxygens (including phenoxy) is 1. The highest BCUT2D eigenvalue weighted by Crippen LogP contribution is 2.40. The average Bonchev–Trinajstić information content (AvgIpc) is 2.37. The van der Waals surface area contributed by atoms with E-state index in [-0.39, 0.29) is 12.0 Å². The second-order valence-corrected chi connectivity index (χ2v) is 5.68. The first kappa shape index (κ1) is 12.4. The van der Waals surface area contributed by atoms with E-state index in [2.05, 4.69) is 26.0 Å². The van der Waals surface area contributed by atoms with E-state index < -0.39 is 0 Å². The molecule has 1 aromatic carbocycles. The molecule has 1 unspecified atom stereocenters. The SMILES string of the molecule is COc1cccc2c1CC(C(C)(C)CO)CC2. The summed E-state index contributed by atoms with van der Waals surface area (Å²) in [6.07, 6.45) is 3.28. The van der Waals surface area contributed by atoms with Crippen LogP contribution in [0.4, 0.5) is 0 Å². The van der Waals surface area contributed by atoms with Gasteiger partial charge >= 0.3 is 0 Å². The molecule has 1 N–H and O–H groups in total. The van der Waals surface area contributed by atoms with Crippen LogP contribution in [0.25, 0.3) is 0 Å². The molecular formula is C15H22O2. The number of fused-ring (bicyclic) bond motifs is 1. The summed E-state index contributed by atoms with van der Waals surface area (Å²) in [6.45, 7) is 4.55. The molecule has 0 aliphatic heterocycles. The van der Waals surface area contributed by atoms with Gasteiger partial charge in [-0.15, -0.1) is 0 Å². The molecule has 0 saturated carbocycles. The summed E-state index contributed by atoms with van der Waals surface area (Å²) in [6, 6.07) is 6.29. The quantitative estimate of drug-likeness (QED) is 0.871. The van der Waals surface area contributed by atoms with Gasteiger partial charge in [-0.05, 0) is 47.8 Å². The Bertz CT molecular complexity index is 382. The van der Waals surface area contributed by atoms with Crippen LogP contribution < -0.4 is 4.74 Å². The summed E-state index contributed by atoms with van der Waals surface area (Å²) in [5, 5.41) is 9.49. The molecule has 0 aromatic heterocycles. The van der Waals surface area contributed by atoms with Crippen molar-refractivity contribution < 1.29 is 9.84 Å². The second kappa shape index (κ2) is 4.69. The largest absolute Gasteiger partial charge is 0.496 e. The molecule has 0 bridgehead atoms. The predicted octanol–water partition coefficient (Wildman–Crippen LogP) is 2.82. The van der Waals surface area contributed by atoms with Crippen molar-refractivity contribution in [3.63, 3.8) is 0 Å². The lowest BCUT2D eigenvalue weighted by atomic mass is 9.70. The molecular weight excluding hydrogens is 212 g/mol. The van der Waals surface area contributed by atoms with Gasteiger partial charge in [-0.2, -0.15) is 0 Å². The van der Waals surface area contributed by atoms with Crippen molar-refractivity contribution >= 4 is 0 Å². The molecule has 0 radical (unpaired) electrons. The highest BCUT2D eigenvalue weighted by Gasteiger charge is 2.32. The zero-order valence-corrected chi connectivity index (χ0v) is 11.0. The third kappa shape index (κ3) is 2.32. The summed E-state index contributed by atoms with van der Waals surface area (Å²) in [5.41, 5.74) is 2.75. The maximum absolute atomic E-state index is 9.49. The molecule has 2 heteroatoms. The van der Waals surface area contributed by atoms with E-state index in [0.717, 1.165) is 25.0 Å². The van der Waals surface area contributed by atoms with Crippen LogP contribution in [0.3, 0.4) is 0 Å². The molecule has 0 fully saturated rings. The Balaban J connectivity index is 2.29. The minimum atomic E-state index is -0.00145. The Hall–Kier alpha value is -1.02. The van der Waals surface area contributed by atoms with Crippen LogP contribution in [0.5, 0.6) is 5.75 Å². The van der Waals surface area contributed by atoms with E-state index in [9.17, 15) is 5.11 Å². The van der Waals surface area contributed by atoms with Crippen LogP contribution in [0, 0.1) is 11.3 Å². The number of hydrogen-bond donors (Lipinski definition) is 1. The number of aryl methyl sites for hydroxylation is 1. The van der Waals surface area contributed by atoms with Gasteiger partial charge in [0.05, 0.1) is 7.11 Å². The van der Waals surface area contributed by atoms with Crippen LogP contribution >= 0.6 is 0 Å². The lowest BCUT2D eigenvalue weighted by Crippen LogP contribution is -2.32. The Morgan fingerprint density at radius 3 is 2.82 bits per heavy atom. The zero-order chi connectivity index (χ0) is 12.5. The third-order valence-corrected chi connectivity index (χ3v) is 4.18. The van der Waals surface area contributed by atoms with E-state index >= 15 is 0 Å². The fourth-order valence-electron chi connectivity index (χ4n) is 2.74. The van der Waals surface area contributed by atoms with Crippen molar-refractivity contribution in [2.45, 2.75) is 33.1 Å². The van der Waals surface area contributed by atoms with Crippen LogP contribution in [0.1, 0.15) is 31.4 Å². The summed E-state index contributed by atoms with van der Waals surface area (Å²) in [5.74, 6) is 1.54. The van der Waals surface area contributed by atoms with Gasteiger partial charge in [-0.1, -0.05) is 26.0 Å². The first-order valence-corrected chi connectivity index (χ1v) is 6.34. The predicted molar refractivity (Wildman–Crippen MR) is 69.4 cm³/mol. The van der Waals surface area contributed by atoms with E-state index in [4.69, 9.17) is 4.74 Å². The topological polar surface area (TPSA) is 29.5 Å². The number of aliphatic hydroxyl groups is 1. The van der Waals surface area contributed by atoms with E-state index in [1.165, 1.54) is 11.1 Å². The molecule has 0 spiro atoms. The van der Waals surface area contributed by atoms with Gasteiger partial charge in [-0.3, -0.25) is 0 Å². The average molecular weight is 234 g/mol. The molecule has 2 rings (SSSR count). The smallest absolute Gasteiger partial charge is 0.122 e. The van der Waals surface area contributed by atoms with Gasteiger partial charge in [0, 0.05) is 6.61 Å². The molecule has 1 aliphatic rings. The molecule has 2 nitrogen and oxygen atoms in total. The summed E-state index contributed by atoms with van der Waals surface area (Å²) in [7, 11) is 1.73. The van der Waals surface area contributed by atoms with Crippen molar-refractivity contribution in [1.29, 1.82) is 0 Å². The summed E-state index contributed by atoms with van der Waals surface area (Å²) < 4.78 is 5.44. The summed E-state index contributed by atoms with van der Waals surface area (Å²) >= 11 is 0. The second-order valence-electron chi connectivity index (χ2n) is 5.68. The lowest BCUT2D eigenvalue weighted by Gasteiger charge is -2.36. The monoisotopic (exact) mass is 234 g/mol. The van der Waals surface area contributed by atoms with Crippen LogP contribution in [0.15, 0.2) is 18.2 Å².